The Morgan fingerprint density at radius 3 is 2.46 bits per heavy atom. The smallest absolute Gasteiger partial charge is 0.268 e. The minimum atomic E-state index is -0.318. The second-order valence-electron chi connectivity index (χ2n) is 2.65. The lowest BCUT2D eigenvalue weighted by molar-refractivity contribution is 0.433. The molecule has 1 heterocycles. The van der Waals surface area contributed by atoms with Gasteiger partial charge in [-0.25, -0.2) is 4.68 Å². The van der Waals surface area contributed by atoms with Crippen molar-refractivity contribution in [2.45, 2.75) is 0 Å². The monoisotopic (exact) mass is 176 g/mol. The Bertz CT molecular complexity index is 456. The fraction of sp³-hybridized carbons (Fsp3) is 0. The molecule has 2 rings (SSSR count). The maximum absolute atomic E-state index is 10.8. The zero-order valence-electron chi connectivity index (χ0n) is 6.77. The van der Waals surface area contributed by atoms with E-state index in [0.717, 1.165) is 11.8 Å². The Morgan fingerprint density at radius 2 is 1.92 bits per heavy atom. The molecule has 2 aromatic rings. The first kappa shape index (κ1) is 7.67. The highest BCUT2D eigenvalue weighted by Gasteiger charge is 2.02. The number of H-pyrrole nitrogens is 1. The van der Waals surface area contributed by atoms with Crippen LogP contribution in [-0.4, -0.2) is 14.9 Å². The normalized spacial score (nSPS) is 10.2. The molecule has 0 saturated carbocycles. The minimum Gasteiger partial charge on any atom is -0.493 e. The number of benzene rings is 1. The van der Waals surface area contributed by atoms with E-state index in [2.05, 4.69) is 5.10 Å². The van der Waals surface area contributed by atoms with Crippen molar-refractivity contribution in [1.29, 1.82) is 0 Å². The van der Waals surface area contributed by atoms with Crippen LogP contribution in [-0.2, 0) is 0 Å². The van der Waals surface area contributed by atoms with Crippen LogP contribution >= 0.6 is 0 Å². The Morgan fingerprint density at radius 1 is 1.23 bits per heavy atom. The average Bonchev–Trinajstić information content (AvgIpc) is 2.47. The maximum Gasteiger partial charge on any atom is 0.268 e. The molecule has 0 amide bonds. The molecular weight excluding hydrogens is 168 g/mol. The molecule has 0 radical (unpaired) electrons. The molecule has 1 aromatic heterocycles. The maximum atomic E-state index is 10.8. The molecule has 0 unspecified atom stereocenters. The molecule has 0 saturated heterocycles. The van der Waals surface area contributed by atoms with E-state index in [1.807, 2.05) is 18.2 Å². The van der Waals surface area contributed by atoms with Gasteiger partial charge in [0.1, 0.15) is 0 Å². The lowest BCUT2D eigenvalue weighted by Crippen LogP contribution is -2.02. The number of nitrogens with zero attached hydrogens (tertiary/aromatic N) is 1. The summed E-state index contributed by atoms with van der Waals surface area (Å²) in [5, 5.41) is 11.8. The second kappa shape index (κ2) is 2.82. The summed E-state index contributed by atoms with van der Waals surface area (Å²) in [5.74, 6) is -0.0869. The van der Waals surface area contributed by atoms with E-state index < -0.39 is 0 Å². The third-order valence-corrected chi connectivity index (χ3v) is 1.73. The average molecular weight is 176 g/mol. The first-order valence-corrected chi connectivity index (χ1v) is 3.84. The molecule has 0 aliphatic heterocycles. The van der Waals surface area contributed by atoms with Crippen LogP contribution in [0, 0.1) is 0 Å². The fourth-order valence-corrected chi connectivity index (χ4v) is 1.16. The lowest BCUT2D eigenvalue weighted by Gasteiger charge is -2.01. The zero-order valence-corrected chi connectivity index (χ0v) is 6.77. The number of rotatable bonds is 1. The Balaban J connectivity index is 2.59. The number of para-hydroxylation sites is 1. The molecule has 13 heavy (non-hydrogen) atoms. The molecular formula is C9H8N2O2. The van der Waals surface area contributed by atoms with E-state index in [-0.39, 0.29) is 11.4 Å². The molecule has 4 heteroatoms. The number of aromatic nitrogens is 2. The summed E-state index contributed by atoms with van der Waals surface area (Å²) >= 11 is 0. The van der Waals surface area contributed by atoms with E-state index >= 15 is 0 Å². The van der Waals surface area contributed by atoms with Crippen molar-refractivity contribution in [2.24, 2.45) is 0 Å². The van der Waals surface area contributed by atoms with Crippen molar-refractivity contribution < 1.29 is 5.11 Å². The van der Waals surface area contributed by atoms with Gasteiger partial charge in [0.05, 0.1) is 11.8 Å². The molecule has 2 N–H and O–H groups in total. The van der Waals surface area contributed by atoms with Crippen LogP contribution in [0.25, 0.3) is 5.69 Å². The van der Waals surface area contributed by atoms with E-state index in [4.69, 9.17) is 0 Å². The quantitative estimate of drug-likeness (QED) is 0.677. The molecule has 0 atom stereocenters. The van der Waals surface area contributed by atoms with E-state index in [0.29, 0.717) is 0 Å². The summed E-state index contributed by atoms with van der Waals surface area (Å²) in [6, 6.07) is 10.2. The van der Waals surface area contributed by atoms with Gasteiger partial charge in [-0.05, 0) is 12.1 Å². The molecule has 0 aliphatic rings. The molecule has 0 bridgehead atoms. The van der Waals surface area contributed by atoms with Crippen LogP contribution in [0.4, 0.5) is 0 Å². The van der Waals surface area contributed by atoms with Crippen molar-refractivity contribution in [1.82, 2.24) is 9.78 Å². The number of nitrogens with one attached hydrogen (secondary N) is 1. The highest BCUT2D eigenvalue weighted by molar-refractivity contribution is 5.33. The van der Waals surface area contributed by atoms with Crippen LogP contribution in [0.5, 0.6) is 5.88 Å². The van der Waals surface area contributed by atoms with Crippen molar-refractivity contribution in [3.63, 3.8) is 0 Å². The van der Waals surface area contributed by atoms with Crippen LogP contribution in [0.1, 0.15) is 0 Å². The largest absolute Gasteiger partial charge is 0.493 e. The molecule has 1 aromatic carbocycles. The number of hydrogen-bond acceptors (Lipinski definition) is 2. The molecule has 0 fully saturated rings. The van der Waals surface area contributed by atoms with E-state index in [1.165, 1.54) is 4.68 Å². The van der Waals surface area contributed by atoms with E-state index in [9.17, 15) is 9.90 Å². The standard InChI is InChI=1S/C9H8N2O2/c12-8-6-9(13)11(10-8)7-4-2-1-3-5-7/h1-6,13H,(H,10,12). The first-order chi connectivity index (χ1) is 6.27. The molecule has 66 valence electrons. The molecule has 0 aliphatic carbocycles. The SMILES string of the molecule is O=c1cc(O)n(-c2ccccc2)[nH]1. The minimum absolute atomic E-state index is 0.0869. The summed E-state index contributed by atoms with van der Waals surface area (Å²) < 4.78 is 1.32. The number of hydrogen-bond donors (Lipinski definition) is 2. The Kier molecular flexibility index (Phi) is 1.66. The van der Waals surface area contributed by atoms with Gasteiger partial charge in [0.15, 0.2) is 0 Å². The Labute approximate surface area is 74.1 Å². The van der Waals surface area contributed by atoms with Gasteiger partial charge in [0.25, 0.3) is 5.56 Å². The van der Waals surface area contributed by atoms with Gasteiger partial charge >= 0.3 is 0 Å². The summed E-state index contributed by atoms with van der Waals surface area (Å²) in [6.45, 7) is 0. The first-order valence-electron chi connectivity index (χ1n) is 3.84. The van der Waals surface area contributed by atoms with Crippen LogP contribution < -0.4 is 5.56 Å². The second-order valence-corrected chi connectivity index (χ2v) is 2.65. The van der Waals surface area contributed by atoms with E-state index in [1.54, 1.807) is 12.1 Å². The molecule has 4 nitrogen and oxygen atoms in total. The van der Waals surface area contributed by atoms with Crippen LogP contribution in [0.3, 0.4) is 0 Å². The third kappa shape index (κ3) is 1.33. The van der Waals surface area contributed by atoms with Gasteiger partial charge in [0, 0.05) is 0 Å². The van der Waals surface area contributed by atoms with Gasteiger partial charge in [-0.15, -0.1) is 0 Å². The van der Waals surface area contributed by atoms with Crippen molar-refractivity contribution in [3.8, 4) is 11.6 Å². The number of aromatic hydroxyl groups is 1. The third-order valence-electron chi connectivity index (χ3n) is 1.73. The van der Waals surface area contributed by atoms with Crippen molar-refractivity contribution in [3.05, 3.63) is 46.8 Å². The Hall–Kier alpha value is -1.97. The van der Waals surface area contributed by atoms with Gasteiger partial charge in [0.2, 0.25) is 5.88 Å². The number of aromatic amines is 1. The molecule has 0 spiro atoms. The zero-order chi connectivity index (χ0) is 9.26. The highest BCUT2D eigenvalue weighted by Crippen LogP contribution is 2.11. The highest BCUT2D eigenvalue weighted by atomic mass is 16.3. The van der Waals surface area contributed by atoms with Gasteiger partial charge < -0.3 is 5.11 Å². The van der Waals surface area contributed by atoms with Crippen molar-refractivity contribution in [2.75, 3.05) is 0 Å². The van der Waals surface area contributed by atoms with Crippen molar-refractivity contribution >= 4 is 0 Å². The summed E-state index contributed by atoms with van der Waals surface area (Å²) in [7, 11) is 0. The van der Waals surface area contributed by atoms with Gasteiger partial charge in [-0.3, -0.25) is 9.89 Å². The predicted molar refractivity (Wildman–Crippen MR) is 48.1 cm³/mol. The fourth-order valence-electron chi connectivity index (χ4n) is 1.16. The van der Waals surface area contributed by atoms with Gasteiger partial charge in [-0.1, -0.05) is 18.2 Å². The summed E-state index contributed by atoms with van der Waals surface area (Å²) in [5.41, 5.74) is 0.406. The predicted octanol–water partition coefficient (Wildman–Crippen LogP) is 0.871. The van der Waals surface area contributed by atoms with Gasteiger partial charge in [-0.2, -0.15) is 0 Å². The van der Waals surface area contributed by atoms with Crippen LogP contribution in [0.15, 0.2) is 41.2 Å². The lowest BCUT2D eigenvalue weighted by atomic mass is 10.3. The van der Waals surface area contributed by atoms with Crippen LogP contribution in [0.2, 0.25) is 0 Å². The topological polar surface area (TPSA) is 58.0 Å². The summed E-state index contributed by atoms with van der Waals surface area (Å²) in [4.78, 5) is 10.8. The summed E-state index contributed by atoms with van der Waals surface area (Å²) in [6.07, 6.45) is 0.